The fourth-order valence-corrected chi connectivity index (χ4v) is 4.78. The van der Waals surface area contributed by atoms with E-state index in [1.807, 2.05) is 0 Å². The van der Waals surface area contributed by atoms with Crippen LogP contribution in [0.2, 0.25) is 0 Å². The summed E-state index contributed by atoms with van der Waals surface area (Å²) in [5.74, 6) is 1.10. The van der Waals surface area contributed by atoms with Crippen LogP contribution in [-0.4, -0.2) is 62.6 Å². The summed E-state index contributed by atoms with van der Waals surface area (Å²) in [5, 5.41) is 6.54. The first-order chi connectivity index (χ1) is 13.3. The van der Waals surface area contributed by atoms with Gasteiger partial charge in [0.1, 0.15) is 0 Å². The number of methoxy groups -OCH3 is 1. The number of allylic oxidation sites excluding steroid dienone is 2. The van der Waals surface area contributed by atoms with Gasteiger partial charge in [-0.2, -0.15) is 0 Å². The molecule has 1 saturated heterocycles. The number of hydrogen-bond donors (Lipinski definition) is 2. The molecule has 5 atom stereocenters. The van der Waals surface area contributed by atoms with E-state index in [4.69, 9.17) is 4.74 Å². The average molecular weight is 391 g/mol. The summed E-state index contributed by atoms with van der Waals surface area (Å²) in [7, 11) is 3.45. The fourth-order valence-electron chi connectivity index (χ4n) is 4.78. The Morgan fingerprint density at radius 2 is 1.82 bits per heavy atom. The minimum absolute atomic E-state index is 0.0301. The van der Waals surface area contributed by atoms with Crippen molar-refractivity contribution in [2.24, 2.45) is 34.1 Å². The zero-order valence-electron chi connectivity index (χ0n) is 17.7. The average Bonchev–Trinajstić information content (AvgIpc) is 3.31. The third-order valence-electron chi connectivity index (χ3n) is 6.34. The molecule has 2 aliphatic carbocycles. The van der Waals surface area contributed by atoms with Crippen molar-refractivity contribution in [3.63, 3.8) is 0 Å². The highest BCUT2D eigenvalue weighted by Gasteiger charge is 2.58. The molecule has 3 aliphatic rings. The van der Waals surface area contributed by atoms with Gasteiger partial charge in [-0.15, -0.1) is 0 Å². The Hall–Kier alpha value is -1.89. The van der Waals surface area contributed by atoms with Crippen molar-refractivity contribution in [2.45, 2.75) is 39.7 Å². The van der Waals surface area contributed by atoms with Crippen LogP contribution in [0.1, 0.15) is 33.6 Å². The number of nitrogens with zero attached hydrogens (tertiary/aromatic N) is 2. The predicted octanol–water partition coefficient (Wildman–Crippen LogP) is 1.41. The smallest absolute Gasteiger partial charge is 0.233 e. The Kier molecular flexibility index (Phi) is 6.12. The first-order valence-electron chi connectivity index (χ1n) is 10.3. The zero-order chi connectivity index (χ0) is 20.5. The minimum atomic E-state index is -0.103. The van der Waals surface area contributed by atoms with Crippen molar-refractivity contribution in [3.8, 4) is 0 Å². The summed E-state index contributed by atoms with van der Waals surface area (Å²) in [6.07, 6.45) is 5.99. The topological polar surface area (TPSA) is 83.0 Å². The number of nitrogens with one attached hydrogen (secondary N) is 2. The highest BCUT2D eigenvalue weighted by atomic mass is 16.5. The third kappa shape index (κ3) is 3.95. The molecule has 5 unspecified atom stereocenters. The molecule has 1 heterocycles. The highest BCUT2D eigenvalue weighted by molar-refractivity contribution is 6.06. The maximum absolute atomic E-state index is 12.7. The van der Waals surface area contributed by atoms with Gasteiger partial charge in [0.25, 0.3) is 0 Å². The molecule has 2 N–H and O–H groups in total. The standard InChI is InChI=1S/C21H34N4O3/c1-21(2,3)15(28-5)12-24-20(22-4)23-9-6-10-25-18(26)16-13-7-8-14(11-13)17(16)19(25)27/h7-8,13-17H,6,9-12H2,1-5H3,(H2,22,23,24). The summed E-state index contributed by atoms with van der Waals surface area (Å²) < 4.78 is 5.55. The van der Waals surface area contributed by atoms with Crippen LogP contribution in [-0.2, 0) is 14.3 Å². The largest absolute Gasteiger partial charge is 0.379 e. The second kappa shape index (κ2) is 8.23. The van der Waals surface area contributed by atoms with Gasteiger partial charge < -0.3 is 15.4 Å². The summed E-state index contributed by atoms with van der Waals surface area (Å²) in [6, 6.07) is 0. The van der Waals surface area contributed by atoms with Gasteiger partial charge in [0.05, 0.1) is 17.9 Å². The lowest BCUT2D eigenvalue weighted by atomic mass is 9.85. The van der Waals surface area contributed by atoms with E-state index in [1.165, 1.54) is 4.90 Å². The maximum atomic E-state index is 12.7. The van der Waals surface area contributed by atoms with E-state index in [0.717, 1.165) is 6.42 Å². The molecule has 1 saturated carbocycles. The van der Waals surface area contributed by atoms with E-state index in [0.29, 0.717) is 32.0 Å². The lowest BCUT2D eigenvalue weighted by Gasteiger charge is -2.30. The summed E-state index contributed by atoms with van der Waals surface area (Å²) in [4.78, 5) is 31.1. The van der Waals surface area contributed by atoms with Crippen LogP contribution >= 0.6 is 0 Å². The number of amides is 2. The van der Waals surface area contributed by atoms with Gasteiger partial charge in [-0.05, 0) is 30.1 Å². The van der Waals surface area contributed by atoms with Crippen molar-refractivity contribution in [3.05, 3.63) is 12.2 Å². The van der Waals surface area contributed by atoms with Crippen molar-refractivity contribution in [2.75, 3.05) is 33.8 Å². The summed E-state index contributed by atoms with van der Waals surface area (Å²) in [6.45, 7) is 8.18. The number of ether oxygens (including phenoxy) is 1. The van der Waals surface area contributed by atoms with Crippen LogP contribution in [0.5, 0.6) is 0 Å². The number of aliphatic imine (C=N–C) groups is 1. The molecule has 7 heteroatoms. The van der Waals surface area contributed by atoms with Gasteiger partial charge in [-0.25, -0.2) is 0 Å². The van der Waals surface area contributed by atoms with Crippen LogP contribution in [0, 0.1) is 29.1 Å². The minimum Gasteiger partial charge on any atom is -0.379 e. The summed E-state index contributed by atoms with van der Waals surface area (Å²) >= 11 is 0. The molecule has 0 aromatic rings. The number of fused-ring (bicyclic) bond motifs is 5. The van der Waals surface area contributed by atoms with Gasteiger partial charge in [0, 0.05) is 33.8 Å². The molecular formula is C21H34N4O3. The molecule has 3 rings (SSSR count). The molecule has 2 amide bonds. The Labute approximate surface area is 168 Å². The van der Waals surface area contributed by atoms with E-state index in [9.17, 15) is 9.59 Å². The van der Waals surface area contributed by atoms with Crippen LogP contribution in [0.25, 0.3) is 0 Å². The molecule has 1 aliphatic heterocycles. The lowest BCUT2D eigenvalue weighted by molar-refractivity contribution is -0.140. The van der Waals surface area contributed by atoms with E-state index < -0.39 is 0 Å². The number of likely N-dealkylation sites (tertiary alicyclic amines) is 1. The van der Waals surface area contributed by atoms with Crippen LogP contribution in [0.4, 0.5) is 0 Å². The monoisotopic (exact) mass is 390 g/mol. The second-order valence-electron chi connectivity index (χ2n) is 9.15. The first kappa shape index (κ1) is 20.8. The first-order valence-corrected chi connectivity index (χ1v) is 10.3. The van der Waals surface area contributed by atoms with Crippen LogP contribution in [0.15, 0.2) is 17.1 Å². The lowest BCUT2D eigenvalue weighted by Crippen LogP contribution is -2.45. The number of imide groups is 1. The van der Waals surface area contributed by atoms with Gasteiger partial charge in [0.2, 0.25) is 11.8 Å². The van der Waals surface area contributed by atoms with Crippen molar-refractivity contribution in [1.82, 2.24) is 15.5 Å². The molecule has 28 heavy (non-hydrogen) atoms. The van der Waals surface area contributed by atoms with Gasteiger partial charge >= 0.3 is 0 Å². The van der Waals surface area contributed by atoms with E-state index in [2.05, 4.69) is 48.5 Å². The second-order valence-corrected chi connectivity index (χ2v) is 9.15. The quantitative estimate of drug-likeness (QED) is 0.226. The normalized spacial score (nSPS) is 30.2. The molecule has 156 valence electrons. The predicted molar refractivity (Wildman–Crippen MR) is 109 cm³/mol. The van der Waals surface area contributed by atoms with E-state index in [-0.39, 0.29) is 47.0 Å². The SMILES string of the molecule is CN=C(NCCCN1C(=O)C2C3C=CC(C3)C2C1=O)NCC(OC)C(C)(C)C. The third-order valence-corrected chi connectivity index (χ3v) is 6.34. The number of carbonyl (C=O) groups is 2. The van der Waals surface area contributed by atoms with Gasteiger partial charge in [0.15, 0.2) is 5.96 Å². The van der Waals surface area contributed by atoms with Crippen LogP contribution in [0.3, 0.4) is 0 Å². The summed E-state index contributed by atoms with van der Waals surface area (Å²) in [5.41, 5.74) is 0.0312. The molecular weight excluding hydrogens is 356 g/mol. The molecule has 2 bridgehead atoms. The Bertz CT molecular complexity index is 637. The molecule has 7 nitrogen and oxygen atoms in total. The van der Waals surface area contributed by atoms with Crippen molar-refractivity contribution >= 4 is 17.8 Å². The van der Waals surface area contributed by atoms with E-state index in [1.54, 1.807) is 14.2 Å². The molecule has 0 aromatic heterocycles. The van der Waals surface area contributed by atoms with Crippen LogP contribution < -0.4 is 10.6 Å². The molecule has 0 radical (unpaired) electrons. The van der Waals surface area contributed by atoms with Crippen molar-refractivity contribution < 1.29 is 14.3 Å². The number of rotatable bonds is 7. The molecule has 2 fully saturated rings. The van der Waals surface area contributed by atoms with Gasteiger partial charge in [-0.1, -0.05) is 32.9 Å². The van der Waals surface area contributed by atoms with Crippen molar-refractivity contribution in [1.29, 1.82) is 0 Å². The highest BCUT2D eigenvalue weighted by Crippen LogP contribution is 2.52. The number of guanidine groups is 1. The Balaban J connectivity index is 1.42. The maximum Gasteiger partial charge on any atom is 0.233 e. The number of carbonyl (C=O) groups excluding carboxylic acids is 2. The van der Waals surface area contributed by atoms with Gasteiger partial charge in [-0.3, -0.25) is 19.5 Å². The molecule has 0 aromatic carbocycles. The molecule has 0 spiro atoms. The Morgan fingerprint density at radius 3 is 2.32 bits per heavy atom. The Morgan fingerprint density at radius 1 is 1.21 bits per heavy atom. The number of hydrogen-bond acceptors (Lipinski definition) is 4. The van der Waals surface area contributed by atoms with E-state index >= 15 is 0 Å². The zero-order valence-corrected chi connectivity index (χ0v) is 17.7. The fraction of sp³-hybridized carbons (Fsp3) is 0.762.